The molecular weight excluding hydrogens is 276 g/mol. The third kappa shape index (κ3) is 2.80. The summed E-state index contributed by atoms with van der Waals surface area (Å²) >= 11 is 6.00. The second-order valence-corrected chi connectivity index (χ2v) is 5.61. The normalized spacial score (nSPS) is 18.2. The first-order valence-corrected chi connectivity index (χ1v) is 7.10. The molecule has 0 aromatic heterocycles. The topological polar surface area (TPSA) is 40.6 Å². The number of hydrogen-bond donors (Lipinski definition) is 0. The summed E-state index contributed by atoms with van der Waals surface area (Å²) in [4.78, 5) is 27.4. The standard InChI is InChI=1S/C15H19ClN2O2/c1-10-9-12(6-7-13(10)16)17(3)15(20)14-5-4-8-18(14)11(2)19/h6-7,9,14H,4-5,8H2,1-3H3/t14-/m1/s1. The minimum Gasteiger partial charge on any atom is -0.331 e. The lowest BCUT2D eigenvalue weighted by molar-refractivity contribution is -0.135. The van der Waals surface area contributed by atoms with Gasteiger partial charge in [0, 0.05) is 31.2 Å². The van der Waals surface area contributed by atoms with Crippen molar-refractivity contribution < 1.29 is 9.59 Å². The summed E-state index contributed by atoms with van der Waals surface area (Å²) in [6.07, 6.45) is 1.61. The van der Waals surface area contributed by atoms with Gasteiger partial charge in [0.05, 0.1) is 0 Å². The van der Waals surface area contributed by atoms with Crippen LogP contribution in [-0.2, 0) is 9.59 Å². The Morgan fingerprint density at radius 1 is 1.40 bits per heavy atom. The van der Waals surface area contributed by atoms with Gasteiger partial charge in [-0.25, -0.2) is 0 Å². The highest BCUT2D eigenvalue weighted by Crippen LogP contribution is 2.25. The van der Waals surface area contributed by atoms with Crippen LogP contribution in [0.5, 0.6) is 0 Å². The molecule has 2 rings (SSSR count). The molecule has 0 N–H and O–H groups in total. The number of hydrogen-bond acceptors (Lipinski definition) is 2. The first kappa shape index (κ1) is 14.9. The number of likely N-dealkylation sites (tertiary alicyclic amines) is 1. The largest absolute Gasteiger partial charge is 0.331 e. The minimum atomic E-state index is -0.339. The van der Waals surface area contributed by atoms with Crippen molar-refractivity contribution >= 4 is 29.1 Å². The summed E-state index contributed by atoms with van der Waals surface area (Å²) in [5, 5.41) is 0.681. The van der Waals surface area contributed by atoms with Crippen LogP contribution in [0.25, 0.3) is 0 Å². The van der Waals surface area contributed by atoms with Gasteiger partial charge < -0.3 is 9.80 Å². The third-order valence-electron chi connectivity index (χ3n) is 3.80. The molecule has 2 amide bonds. The average Bonchev–Trinajstić information content (AvgIpc) is 2.89. The van der Waals surface area contributed by atoms with Crippen molar-refractivity contribution in [2.45, 2.75) is 32.7 Å². The Balaban J connectivity index is 2.19. The quantitative estimate of drug-likeness (QED) is 0.841. The predicted octanol–water partition coefficient (Wildman–Crippen LogP) is 2.62. The van der Waals surface area contributed by atoms with Crippen LogP contribution in [0.1, 0.15) is 25.3 Å². The number of likely N-dealkylation sites (N-methyl/N-ethyl adjacent to an activating group) is 1. The van der Waals surface area contributed by atoms with E-state index in [0.717, 1.165) is 24.1 Å². The van der Waals surface area contributed by atoms with Gasteiger partial charge in [-0.2, -0.15) is 0 Å². The van der Waals surface area contributed by atoms with E-state index in [-0.39, 0.29) is 17.9 Å². The smallest absolute Gasteiger partial charge is 0.249 e. The van der Waals surface area contributed by atoms with Gasteiger partial charge in [0.25, 0.3) is 0 Å². The molecule has 1 atom stereocenters. The number of amides is 2. The van der Waals surface area contributed by atoms with Gasteiger partial charge in [-0.15, -0.1) is 0 Å². The monoisotopic (exact) mass is 294 g/mol. The number of carbonyl (C=O) groups is 2. The lowest BCUT2D eigenvalue weighted by Crippen LogP contribution is -2.46. The van der Waals surface area contributed by atoms with Crippen molar-refractivity contribution in [1.82, 2.24) is 4.90 Å². The van der Waals surface area contributed by atoms with E-state index in [4.69, 9.17) is 11.6 Å². The molecule has 1 aliphatic rings. The van der Waals surface area contributed by atoms with Crippen LogP contribution in [0.4, 0.5) is 5.69 Å². The van der Waals surface area contributed by atoms with Crippen LogP contribution in [0.2, 0.25) is 5.02 Å². The van der Waals surface area contributed by atoms with E-state index in [9.17, 15) is 9.59 Å². The molecule has 1 heterocycles. The van der Waals surface area contributed by atoms with E-state index in [1.165, 1.54) is 6.92 Å². The third-order valence-corrected chi connectivity index (χ3v) is 4.23. The molecule has 0 radical (unpaired) electrons. The molecule has 0 spiro atoms. The molecule has 108 valence electrons. The minimum absolute atomic E-state index is 0.0402. The van der Waals surface area contributed by atoms with Crippen LogP contribution in [-0.4, -0.2) is 36.3 Å². The summed E-state index contributed by atoms with van der Waals surface area (Å²) < 4.78 is 0. The van der Waals surface area contributed by atoms with Gasteiger partial charge in [-0.3, -0.25) is 9.59 Å². The molecule has 4 nitrogen and oxygen atoms in total. The molecule has 0 aliphatic carbocycles. The van der Waals surface area contributed by atoms with Gasteiger partial charge in [-0.1, -0.05) is 11.6 Å². The number of nitrogens with zero attached hydrogens (tertiary/aromatic N) is 2. The van der Waals surface area contributed by atoms with E-state index in [1.807, 2.05) is 19.1 Å². The molecule has 1 aliphatic heterocycles. The molecule has 20 heavy (non-hydrogen) atoms. The van der Waals surface area contributed by atoms with Crippen molar-refractivity contribution in [2.75, 3.05) is 18.5 Å². The summed E-state index contributed by atoms with van der Waals surface area (Å²) in [7, 11) is 1.74. The van der Waals surface area contributed by atoms with Crippen molar-refractivity contribution in [3.8, 4) is 0 Å². The molecule has 1 saturated heterocycles. The predicted molar refractivity (Wildman–Crippen MR) is 80.0 cm³/mol. The Labute approximate surface area is 124 Å². The van der Waals surface area contributed by atoms with E-state index < -0.39 is 0 Å². The van der Waals surface area contributed by atoms with Gasteiger partial charge in [0.2, 0.25) is 11.8 Å². The van der Waals surface area contributed by atoms with Crippen molar-refractivity contribution in [1.29, 1.82) is 0 Å². The first-order chi connectivity index (χ1) is 9.41. The fourth-order valence-electron chi connectivity index (χ4n) is 2.59. The zero-order chi connectivity index (χ0) is 14.9. The van der Waals surface area contributed by atoms with Crippen LogP contribution in [0.15, 0.2) is 18.2 Å². The highest BCUT2D eigenvalue weighted by Gasteiger charge is 2.34. The first-order valence-electron chi connectivity index (χ1n) is 6.72. The highest BCUT2D eigenvalue weighted by atomic mass is 35.5. The lowest BCUT2D eigenvalue weighted by atomic mass is 10.1. The fraction of sp³-hybridized carbons (Fsp3) is 0.467. The van der Waals surface area contributed by atoms with Crippen LogP contribution in [0, 0.1) is 6.92 Å². The Morgan fingerprint density at radius 2 is 2.10 bits per heavy atom. The average molecular weight is 295 g/mol. The number of benzene rings is 1. The van der Waals surface area contributed by atoms with Crippen LogP contribution >= 0.6 is 11.6 Å². The summed E-state index contributed by atoms with van der Waals surface area (Å²) in [5.74, 6) is -0.0824. The number of anilines is 1. The number of rotatable bonds is 2. The van der Waals surface area contributed by atoms with Crippen molar-refractivity contribution in [3.05, 3.63) is 28.8 Å². The Kier molecular flexibility index (Phi) is 4.33. The summed E-state index contributed by atoms with van der Waals surface area (Å²) in [6, 6.07) is 5.15. The maximum atomic E-state index is 12.6. The molecule has 0 bridgehead atoms. The Morgan fingerprint density at radius 3 is 2.70 bits per heavy atom. The second-order valence-electron chi connectivity index (χ2n) is 5.20. The molecule has 0 saturated carbocycles. The molecule has 1 aromatic carbocycles. The maximum absolute atomic E-state index is 12.6. The van der Waals surface area contributed by atoms with Crippen molar-refractivity contribution in [3.63, 3.8) is 0 Å². The number of carbonyl (C=O) groups excluding carboxylic acids is 2. The maximum Gasteiger partial charge on any atom is 0.249 e. The van der Waals surface area contributed by atoms with Gasteiger partial charge in [0.15, 0.2) is 0 Å². The Bertz CT molecular complexity index is 545. The van der Waals surface area contributed by atoms with Crippen molar-refractivity contribution in [2.24, 2.45) is 0 Å². The van der Waals surface area contributed by atoms with E-state index in [1.54, 1.807) is 22.9 Å². The van der Waals surface area contributed by atoms with E-state index >= 15 is 0 Å². The fourth-order valence-corrected chi connectivity index (χ4v) is 2.71. The number of halogens is 1. The Hall–Kier alpha value is -1.55. The van der Waals surface area contributed by atoms with Gasteiger partial charge in [-0.05, 0) is 43.5 Å². The second kappa shape index (κ2) is 5.83. The number of aryl methyl sites for hydroxylation is 1. The van der Waals surface area contributed by atoms with Crippen LogP contribution in [0.3, 0.4) is 0 Å². The zero-order valence-corrected chi connectivity index (χ0v) is 12.8. The SMILES string of the molecule is CC(=O)N1CCC[C@@H]1C(=O)N(C)c1ccc(Cl)c(C)c1. The molecular formula is C15H19ClN2O2. The van der Waals surface area contributed by atoms with Crippen LogP contribution < -0.4 is 4.90 Å². The van der Waals surface area contributed by atoms with Gasteiger partial charge >= 0.3 is 0 Å². The lowest BCUT2D eigenvalue weighted by Gasteiger charge is -2.27. The molecule has 1 aromatic rings. The van der Waals surface area contributed by atoms with Gasteiger partial charge in [0.1, 0.15) is 6.04 Å². The molecule has 1 fully saturated rings. The summed E-state index contributed by atoms with van der Waals surface area (Å²) in [5.41, 5.74) is 1.73. The summed E-state index contributed by atoms with van der Waals surface area (Å²) in [6.45, 7) is 4.08. The van der Waals surface area contributed by atoms with E-state index in [0.29, 0.717) is 11.6 Å². The molecule has 5 heteroatoms. The zero-order valence-electron chi connectivity index (χ0n) is 12.0. The van der Waals surface area contributed by atoms with E-state index in [2.05, 4.69) is 0 Å². The molecule has 0 unspecified atom stereocenters. The highest BCUT2D eigenvalue weighted by molar-refractivity contribution is 6.31.